The normalized spacial score (nSPS) is 10.7. The second-order valence-corrected chi connectivity index (χ2v) is 8.45. The van der Waals surface area contributed by atoms with Crippen molar-refractivity contribution in [3.05, 3.63) is 77.8 Å². The van der Waals surface area contributed by atoms with Gasteiger partial charge in [-0.1, -0.05) is 26.0 Å². The molecule has 0 amide bonds. The van der Waals surface area contributed by atoms with Crippen molar-refractivity contribution in [3.63, 3.8) is 0 Å². The van der Waals surface area contributed by atoms with Crippen LogP contribution in [-0.4, -0.2) is 22.4 Å². The van der Waals surface area contributed by atoms with Crippen LogP contribution in [0.15, 0.2) is 59.8 Å². The van der Waals surface area contributed by atoms with E-state index in [1.54, 1.807) is 30.5 Å². The number of aromatic nitrogens is 2. The molecule has 2 heterocycles. The molecule has 0 aliphatic carbocycles. The third-order valence-corrected chi connectivity index (χ3v) is 5.83. The average Bonchev–Trinajstić information content (AvgIpc) is 2.80. The third kappa shape index (κ3) is 5.28. The lowest BCUT2D eigenvalue weighted by Crippen LogP contribution is -2.04. The maximum absolute atomic E-state index is 13.3. The maximum atomic E-state index is 13.3. The van der Waals surface area contributed by atoms with Crippen LogP contribution in [0.2, 0.25) is 0 Å². The molecule has 8 heteroatoms. The summed E-state index contributed by atoms with van der Waals surface area (Å²) in [6.45, 7) is 4.07. The van der Waals surface area contributed by atoms with E-state index in [2.05, 4.69) is 9.97 Å². The second-order valence-electron chi connectivity index (χ2n) is 7.60. The quantitative estimate of drug-likeness (QED) is 0.187. The number of rotatable bonds is 4. The van der Waals surface area contributed by atoms with Gasteiger partial charge in [0, 0.05) is 39.5 Å². The van der Waals surface area contributed by atoms with Gasteiger partial charge in [-0.05, 0) is 53.5 Å². The first-order valence-corrected chi connectivity index (χ1v) is 11.4. The molecule has 2 aromatic carbocycles. The van der Waals surface area contributed by atoms with Gasteiger partial charge in [-0.15, -0.1) is 11.8 Å². The second kappa shape index (κ2) is 10.4. The summed E-state index contributed by atoms with van der Waals surface area (Å²) in [5, 5.41) is 9.16. The minimum atomic E-state index is -0.290. The highest BCUT2D eigenvalue weighted by atomic mass is 32.2. The Morgan fingerprint density at radius 1 is 1.03 bits per heavy atom. The predicted molar refractivity (Wildman–Crippen MR) is 134 cm³/mol. The van der Waals surface area contributed by atoms with Gasteiger partial charge < -0.3 is 16.9 Å². The first-order chi connectivity index (χ1) is 15.8. The molecule has 0 saturated carbocycles. The van der Waals surface area contributed by atoms with E-state index in [1.807, 2.05) is 26.2 Å². The number of anilines is 2. The van der Waals surface area contributed by atoms with Crippen LogP contribution in [0.4, 0.5) is 20.3 Å². The molecule has 4 rings (SSSR count). The van der Waals surface area contributed by atoms with Gasteiger partial charge >= 0.3 is 0 Å². The molecule has 0 saturated heterocycles. The first-order valence-electron chi connectivity index (χ1n) is 10.2. The van der Waals surface area contributed by atoms with E-state index in [9.17, 15) is 8.78 Å². The van der Waals surface area contributed by atoms with Gasteiger partial charge in [0.2, 0.25) is 0 Å². The predicted octanol–water partition coefficient (Wildman–Crippen LogP) is 6.27. The van der Waals surface area contributed by atoms with Gasteiger partial charge in [-0.2, -0.15) is 0 Å². The van der Waals surface area contributed by atoms with Gasteiger partial charge in [0.15, 0.2) is 5.82 Å². The molecule has 5 N–H and O–H groups in total. The molecule has 170 valence electrons. The minimum Gasteiger partial charge on any atom is -0.398 e. The molecule has 0 aliphatic heterocycles. The van der Waals surface area contributed by atoms with E-state index < -0.39 is 0 Å². The Balaban J connectivity index is 0.000000286. The molecule has 0 spiro atoms. The summed E-state index contributed by atoms with van der Waals surface area (Å²) in [6, 6.07) is 11.6. The number of nitrogens with one attached hydrogen (secondary N) is 1. The van der Waals surface area contributed by atoms with Crippen LogP contribution < -0.4 is 11.5 Å². The number of nitrogen functional groups attached to an aromatic ring is 2. The van der Waals surface area contributed by atoms with E-state index in [1.165, 1.54) is 36.3 Å². The van der Waals surface area contributed by atoms with Crippen LogP contribution in [0.25, 0.3) is 21.9 Å². The Hall–Kier alpha value is -3.52. The molecule has 0 unspecified atom stereocenters. The van der Waals surface area contributed by atoms with E-state index in [0.29, 0.717) is 22.0 Å². The Kier molecular flexibility index (Phi) is 7.60. The molecule has 0 bridgehead atoms. The van der Waals surface area contributed by atoms with Crippen molar-refractivity contribution in [2.45, 2.75) is 24.7 Å². The van der Waals surface area contributed by atoms with Gasteiger partial charge in [0.25, 0.3) is 0 Å². The zero-order valence-corrected chi connectivity index (χ0v) is 19.4. The standard InChI is InChI=1S/C19H19FN4.C6H6FNS/c1-10(2)18-17(11-3-5-13(20)6-4-11)14-7-12(9-21)16(22)8-15(14)19(23)24-18;1-9-6-2-3-8-4-5(6)7/h3-10,21H,22H2,1-2H3,(H2,23,24);2-4H,1H3. The lowest BCUT2D eigenvalue weighted by atomic mass is 9.91. The molecule has 0 radical (unpaired) electrons. The van der Waals surface area contributed by atoms with Gasteiger partial charge in [0.1, 0.15) is 11.6 Å². The number of fused-ring (bicyclic) bond motifs is 1. The number of nitrogens with two attached hydrogens (primary N) is 2. The largest absolute Gasteiger partial charge is 0.398 e. The summed E-state index contributed by atoms with van der Waals surface area (Å²) >= 11 is 1.38. The van der Waals surface area contributed by atoms with Crippen LogP contribution in [0.1, 0.15) is 31.0 Å². The van der Waals surface area contributed by atoms with Crippen LogP contribution in [0.5, 0.6) is 0 Å². The summed E-state index contributed by atoms with van der Waals surface area (Å²) in [5.74, 6) is 0.00695. The number of thioether (sulfide) groups is 1. The Morgan fingerprint density at radius 2 is 1.73 bits per heavy atom. The fraction of sp³-hybridized carbons (Fsp3) is 0.160. The summed E-state index contributed by atoms with van der Waals surface area (Å²) in [7, 11) is 0. The van der Waals surface area contributed by atoms with Crippen molar-refractivity contribution < 1.29 is 8.78 Å². The molecular weight excluding hydrogens is 440 g/mol. The van der Waals surface area contributed by atoms with Crippen molar-refractivity contribution >= 4 is 40.3 Å². The average molecular weight is 466 g/mol. The number of benzene rings is 2. The van der Waals surface area contributed by atoms with Crippen molar-refractivity contribution in [3.8, 4) is 11.1 Å². The minimum absolute atomic E-state index is 0.137. The van der Waals surface area contributed by atoms with Crippen molar-refractivity contribution in [2.24, 2.45) is 0 Å². The fourth-order valence-electron chi connectivity index (χ4n) is 3.43. The molecule has 0 fully saturated rings. The summed E-state index contributed by atoms with van der Waals surface area (Å²) in [5.41, 5.74) is 15.8. The molecule has 0 aliphatic rings. The third-order valence-electron chi connectivity index (χ3n) is 5.06. The van der Waals surface area contributed by atoms with Crippen LogP contribution in [0, 0.1) is 17.0 Å². The van der Waals surface area contributed by atoms with Gasteiger partial charge in [-0.3, -0.25) is 4.98 Å². The molecule has 2 aromatic heterocycles. The fourth-order valence-corrected chi connectivity index (χ4v) is 3.87. The number of pyridine rings is 2. The molecule has 33 heavy (non-hydrogen) atoms. The van der Waals surface area contributed by atoms with Crippen molar-refractivity contribution in [1.82, 2.24) is 9.97 Å². The summed E-state index contributed by atoms with van der Waals surface area (Å²) < 4.78 is 25.8. The number of hydrogen-bond acceptors (Lipinski definition) is 6. The van der Waals surface area contributed by atoms with Crippen LogP contribution >= 0.6 is 11.8 Å². The van der Waals surface area contributed by atoms with E-state index in [-0.39, 0.29) is 17.6 Å². The topological polar surface area (TPSA) is 102 Å². The SMILES string of the molecule is CC(C)c1nc(N)c2cc(N)c(C=N)cc2c1-c1ccc(F)cc1.CSc1ccncc1F. The van der Waals surface area contributed by atoms with Crippen molar-refractivity contribution in [2.75, 3.05) is 17.7 Å². The highest BCUT2D eigenvalue weighted by Crippen LogP contribution is 2.38. The van der Waals surface area contributed by atoms with Gasteiger partial charge in [-0.25, -0.2) is 13.8 Å². The monoisotopic (exact) mass is 465 g/mol. The zero-order valence-electron chi connectivity index (χ0n) is 18.6. The lowest BCUT2D eigenvalue weighted by Gasteiger charge is -2.18. The summed E-state index contributed by atoms with van der Waals surface area (Å²) in [6.07, 6.45) is 5.84. The zero-order chi connectivity index (χ0) is 24.1. The smallest absolute Gasteiger partial charge is 0.154 e. The number of hydrogen-bond donors (Lipinski definition) is 3. The lowest BCUT2D eigenvalue weighted by molar-refractivity contribution is 0.595. The van der Waals surface area contributed by atoms with E-state index in [4.69, 9.17) is 16.9 Å². The van der Waals surface area contributed by atoms with E-state index in [0.717, 1.165) is 27.6 Å². The molecule has 5 nitrogen and oxygen atoms in total. The molecule has 0 atom stereocenters. The molecule has 4 aromatic rings. The van der Waals surface area contributed by atoms with Crippen LogP contribution in [-0.2, 0) is 0 Å². The maximum Gasteiger partial charge on any atom is 0.154 e. The van der Waals surface area contributed by atoms with Gasteiger partial charge in [0.05, 0.1) is 11.9 Å². The van der Waals surface area contributed by atoms with Crippen LogP contribution in [0.3, 0.4) is 0 Å². The Labute approximate surface area is 195 Å². The highest BCUT2D eigenvalue weighted by molar-refractivity contribution is 7.98. The molecular formula is C25H25F2N5S. The number of nitrogens with zero attached hydrogens (tertiary/aromatic N) is 2. The Bertz CT molecular complexity index is 1290. The number of halogens is 2. The first kappa shape index (κ1) is 24.1. The highest BCUT2D eigenvalue weighted by Gasteiger charge is 2.18. The van der Waals surface area contributed by atoms with Crippen molar-refractivity contribution in [1.29, 1.82) is 5.41 Å². The van der Waals surface area contributed by atoms with E-state index >= 15 is 0 Å². The Morgan fingerprint density at radius 3 is 2.27 bits per heavy atom. The summed E-state index contributed by atoms with van der Waals surface area (Å²) in [4.78, 5) is 8.82.